The molecule has 0 aromatic carbocycles. The van der Waals surface area contributed by atoms with Gasteiger partial charge in [0, 0.05) is 30.6 Å². The first-order chi connectivity index (χ1) is 8.69. The monoisotopic (exact) mass is 262 g/mol. The second kappa shape index (κ2) is 5.89. The summed E-state index contributed by atoms with van der Waals surface area (Å²) in [4.78, 5) is 12.9. The van der Waals surface area contributed by atoms with Crippen molar-refractivity contribution in [1.82, 2.24) is 15.0 Å². The molecule has 18 heavy (non-hydrogen) atoms. The molecule has 0 radical (unpaired) electrons. The van der Waals surface area contributed by atoms with E-state index in [1.807, 2.05) is 6.07 Å². The maximum absolute atomic E-state index is 5.92. The molecule has 2 aromatic heterocycles. The zero-order chi connectivity index (χ0) is 13.0. The van der Waals surface area contributed by atoms with E-state index in [4.69, 9.17) is 17.3 Å². The Morgan fingerprint density at radius 2 is 2.11 bits per heavy atom. The highest BCUT2D eigenvalue weighted by atomic mass is 35.5. The number of nitrogens with two attached hydrogens (primary N) is 1. The zero-order valence-corrected chi connectivity index (χ0v) is 10.9. The van der Waals surface area contributed by atoms with Crippen LogP contribution in [0.15, 0.2) is 30.6 Å². The lowest BCUT2D eigenvalue weighted by Gasteiger charge is -2.08. The van der Waals surface area contributed by atoms with E-state index in [0.717, 1.165) is 18.5 Å². The Morgan fingerprint density at radius 1 is 1.28 bits per heavy atom. The molecule has 94 valence electrons. The van der Waals surface area contributed by atoms with Gasteiger partial charge in [0.25, 0.3) is 0 Å². The number of hydrogen-bond donors (Lipinski definition) is 1. The number of aromatic nitrogens is 3. The van der Waals surface area contributed by atoms with Crippen molar-refractivity contribution < 1.29 is 0 Å². The topological polar surface area (TPSA) is 64.7 Å². The van der Waals surface area contributed by atoms with Crippen molar-refractivity contribution in [3.8, 4) is 11.5 Å². The Balaban J connectivity index is 2.24. The molecule has 4 nitrogen and oxygen atoms in total. The van der Waals surface area contributed by atoms with E-state index in [0.29, 0.717) is 16.5 Å². The van der Waals surface area contributed by atoms with Crippen molar-refractivity contribution in [3.05, 3.63) is 41.3 Å². The fourth-order valence-electron chi connectivity index (χ4n) is 1.55. The molecule has 0 saturated heterocycles. The molecule has 0 aliphatic carbocycles. The normalized spacial score (nSPS) is 12.4. The van der Waals surface area contributed by atoms with Crippen LogP contribution in [0, 0.1) is 0 Å². The number of rotatable bonds is 4. The third-order valence-electron chi connectivity index (χ3n) is 2.67. The first-order valence-electron chi connectivity index (χ1n) is 5.88. The molecule has 0 aliphatic heterocycles. The minimum Gasteiger partial charge on any atom is -0.327 e. The van der Waals surface area contributed by atoms with Crippen LogP contribution >= 0.6 is 11.6 Å². The van der Waals surface area contributed by atoms with E-state index >= 15 is 0 Å². The first kappa shape index (κ1) is 12.9. The van der Waals surface area contributed by atoms with Crippen LogP contribution in [0.1, 0.15) is 19.0 Å². The van der Waals surface area contributed by atoms with Gasteiger partial charge in [-0.3, -0.25) is 4.98 Å². The SMILES string of the molecule is CCC(N)Cc1ccnc(-c2ccc(Cl)cn2)n1. The Labute approximate surface area is 111 Å². The molecule has 0 amide bonds. The van der Waals surface area contributed by atoms with Crippen LogP contribution in [0.5, 0.6) is 0 Å². The quantitative estimate of drug-likeness (QED) is 0.919. The van der Waals surface area contributed by atoms with E-state index in [2.05, 4.69) is 21.9 Å². The van der Waals surface area contributed by atoms with Gasteiger partial charge >= 0.3 is 0 Å². The second-order valence-electron chi connectivity index (χ2n) is 4.11. The maximum atomic E-state index is 5.92. The molecular formula is C13H15ClN4. The minimum absolute atomic E-state index is 0.130. The highest BCUT2D eigenvalue weighted by Crippen LogP contribution is 2.15. The van der Waals surface area contributed by atoms with Gasteiger partial charge in [0.15, 0.2) is 5.82 Å². The van der Waals surface area contributed by atoms with Gasteiger partial charge in [-0.25, -0.2) is 9.97 Å². The molecule has 0 aliphatic rings. The molecule has 0 spiro atoms. The van der Waals surface area contributed by atoms with Crippen LogP contribution in [-0.4, -0.2) is 21.0 Å². The molecule has 1 unspecified atom stereocenters. The molecule has 2 heterocycles. The number of nitrogens with zero attached hydrogens (tertiary/aromatic N) is 3. The Morgan fingerprint density at radius 3 is 2.78 bits per heavy atom. The molecule has 2 aromatic rings. The molecular weight excluding hydrogens is 248 g/mol. The predicted molar refractivity (Wildman–Crippen MR) is 72.2 cm³/mol. The van der Waals surface area contributed by atoms with Gasteiger partial charge < -0.3 is 5.73 Å². The highest BCUT2D eigenvalue weighted by molar-refractivity contribution is 6.30. The largest absolute Gasteiger partial charge is 0.327 e. The molecule has 0 bridgehead atoms. The average molecular weight is 263 g/mol. The summed E-state index contributed by atoms with van der Waals surface area (Å²) in [5.74, 6) is 0.604. The Kier molecular flexibility index (Phi) is 4.23. The standard InChI is InChI=1S/C13H15ClN4/c1-2-10(15)7-11-5-6-16-13(18-11)12-4-3-9(14)8-17-12/h3-6,8,10H,2,7,15H2,1H3. The minimum atomic E-state index is 0.130. The van der Waals surface area contributed by atoms with Crippen molar-refractivity contribution in [2.24, 2.45) is 5.73 Å². The number of pyridine rings is 1. The fraction of sp³-hybridized carbons (Fsp3) is 0.308. The van der Waals surface area contributed by atoms with E-state index in [9.17, 15) is 0 Å². The molecule has 0 fully saturated rings. The molecule has 0 saturated carbocycles. The van der Waals surface area contributed by atoms with Gasteiger partial charge in [0.05, 0.1) is 5.02 Å². The predicted octanol–water partition coefficient (Wildman–Crippen LogP) is 2.47. The highest BCUT2D eigenvalue weighted by Gasteiger charge is 2.07. The van der Waals surface area contributed by atoms with Crippen molar-refractivity contribution in [2.75, 3.05) is 0 Å². The summed E-state index contributed by atoms with van der Waals surface area (Å²) in [5.41, 5.74) is 7.57. The van der Waals surface area contributed by atoms with Gasteiger partial charge in [-0.15, -0.1) is 0 Å². The number of halogens is 1. The van der Waals surface area contributed by atoms with Gasteiger partial charge in [-0.05, 0) is 24.6 Å². The summed E-state index contributed by atoms with van der Waals surface area (Å²) in [5, 5.41) is 0.600. The lowest BCUT2D eigenvalue weighted by Crippen LogP contribution is -2.22. The first-order valence-corrected chi connectivity index (χ1v) is 6.26. The molecule has 2 rings (SSSR count). The second-order valence-corrected chi connectivity index (χ2v) is 4.54. The average Bonchev–Trinajstić information content (AvgIpc) is 2.40. The summed E-state index contributed by atoms with van der Waals surface area (Å²) < 4.78 is 0. The number of hydrogen-bond acceptors (Lipinski definition) is 4. The van der Waals surface area contributed by atoms with Crippen LogP contribution in [-0.2, 0) is 6.42 Å². The summed E-state index contributed by atoms with van der Waals surface area (Å²) >= 11 is 5.80. The van der Waals surface area contributed by atoms with Crippen molar-refractivity contribution in [1.29, 1.82) is 0 Å². The van der Waals surface area contributed by atoms with E-state index in [1.165, 1.54) is 0 Å². The van der Waals surface area contributed by atoms with Crippen LogP contribution in [0.4, 0.5) is 0 Å². The molecule has 2 N–H and O–H groups in total. The van der Waals surface area contributed by atoms with Crippen LogP contribution < -0.4 is 5.73 Å². The van der Waals surface area contributed by atoms with Crippen molar-refractivity contribution in [2.45, 2.75) is 25.8 Å². The van der Waals surface area contributed by atoms with Gasteiger partial charge in [-0.2, -0.15) is 0 Å². The third kappa shape index (κ3) is 3.24. The van der Waals surface area contributed by atoms with E-state index in [1.54, 1.807) is 24.5 Å². The van der Waals surface area contributed by atoms with Gasteiger partial charge in [0.1, 0.15) is 5.69 Å². The summed E-state index contributed by atoms with van der Waals surface area (Å²) in [6.45, 7) is 2.06. The van der Waals surface area contributed by atoms with E-state index < -0.39 is 0 Å². The van der Waals surface area contributed by atoms with E-state index in [-0.39, 0.29) is 6.04 Å². The summed E-state index contributed by atoms with van der Waals surface area (Å²) in [7, 11) is 0. The Bertz CT molecular complexity index is 513. The summed E-state index contributed by atoms with van der Waals surface area (Å²) in [6, 6.07) is 5.60. The van der Waals surface area contributed by atoms with Crippen LogP contribution in [0.25, 0.3) is 11.5 Å². The fourth-order valence-corrected chi connectivity index (χ4v) is 1.67. The lowest BCUT2D eigenvalue weighted by molar-refractivity contribution is 0.636. The smallest absolute Gasteiger partial charge is 0.178 e. The van der Waals surface area contributed by atoms with Crippen LogP contribution in [0.3, 0.4) is 0 Å². The zero-order valence-electron chi connectivity index (χ0n) is 10.2. The van der Waals surface area contributed by atoms with Crippen molar-refractivity contribution in [3.63, 3.8) is 0 Å². The molecule has 5 heteroatoms. The Hall–Kier alpha value is -1.52. The van der Waals surface area contributed by atoms with Gasteiger partial charge in [-0.1, -0.05) is 18.5 Å². The summed E-state index contributed by atoms with van der Waals surface area (Å²) in [6.07, 6.45) is 5.00. The maximum Gasteiger partial charge on any atom is 0.178 e. The molecule has 1 atom stereocenters. The van der Waals surface area contributed by atoms with Crippen LogP contribution in [0.2, 0.25) is 5.02 Å². The van der Waals surface area contributed by atoms with Gasteiger partial charge in [0.2, 0.25) is 0 Å². The lowest BCUT2D eigenvalue weighted by atomic mass is 10.1. The van der Waals surface area contributed by atoms with Crippen molar-refractivity contribution >= 4 is 11.6 Å². The third-order valence-corrected chi connectivity index (χ3v) is 2.89.